The van der Waals surface area contributed by atoms with Crippen molar-refractivity contribution in [3.05, 3.63) is 83.0 Å². The minimum Gasteiger partial charge on any atom is -0.462 e. The molecule has 2 N–H and O–H groups in total. The third-order valence-electron chi connectivity index (χ3n) is 5.69. The number of hydrogen-bond donors (Lipinski definition) is 1. The molecule has 0 saturated carbocycles. The first-order chi connectivity index (χ1) is 18.8. The van der Waals surface area contributed by atoms with Crippen LogP contribution < -0.4 is 5.73 Å². The fourth-order valence-corrected chi connectivity index (χ4v) is 4.13. The van der Waals surface area contributed by atoms with E-state index in [2.05, 4.69) is 25.0 Å². The predicted molar refractivity (Wildman–Crippen MR) is 144 cm³/mol. The molecule has 39 heavy (non-hydrogen) atoms. The number of rotatable bonds is 7. The third kappa shape index (κ3) is 5.39. The van der Waals surface area contributed by atoms with Crippen LogP contribution in [-0.2, 0) is 23.1 Å². The lowest BCUT2D eigenvalue weighted by atomic mass is 10.0. The van der Waals surface area contributed by atoms with Crippen molar-refractivity contribution in [1.82, 2.24) is 29.7 Å². The van der Waals surface area contributed by atoms with E-state index < -0.39 is 11.9 Å². The number of aryl methyl sites for hydroxylation is 1. The standard InChI is InChI=1S/C27H22ClN7O4/c1-3-38-26(36)16-6-7-18(31-13-16)14-39-27(37)24-25(29)33-23(20-8-10-35(2)34-20)22(32-24)17-11-15-5-4-9-30-21(15)19(28)12-17/h4-13H,3,14H2,1-2H3,(H2,29,33). The highest BCUT2D eigenvalue weighted by molar-refractivity contribution is 6.35. The minimum atomic E-state index is -0.793. The molecule has 0 amide bonds. The average Bonchev–Trinajstić information content (AvgIpc) is 3.38. The summed E-state index contributed by atoms with van der Waals surface area (Å²) in [5.41, 5.74) is 9.18. The SMILES string of the molecule is CCOC(=O)c1ccc(COC(=O)c2nc(-c3cc(Cl)c4ncccc4c3)c(-c3ccn(C)n3)nc2N)nc1. The lowest BCUT2D eigenvalue weighted by Crippen LogP contribution is -2.14. The first kappa shape index (κ1) is 25.7. The van der Waals surface area contributed by atoms with Gasteiger partial charge in [-0.25, -0.2) is 19.6 Å². The Hall–Kier alpha value is -4.90. The third-order valence-corrected chi connectivity index (χ3v) is 5.98. The maximum absolute atomic E-state index is 13.1. The number of hydrogen-bond acceptors (Lipinski definition) is 10. The molecule has 1 aromatic carbocycles. The predicted octanol–water partition coefficient (Wildman–Crippen LogP) is 4.26. The van der Waals surface area contributed by atoms with Crippen molar-refractivity contribution >= 4 is 40.3 Å². The number of nitrogens with two attached hydrogens (primary N) is 1. The van der Waals surface area contributed by atoms with Gasteiger partial charge in [-0.1, -0.05) is 17.7 Å². The Labute approximate surface area is 227 Å². The number of nitrogens with zero attached hydrogens (tertiary/aromatic N) is 6. The fraction of sp³-hybridized carbons (Fsp3) is 0.148. The van der Waals surface area contributed by atoms with Gasteiger partial charge in [0.05, 0.1) is 34.1 Å². The molecular formula is C27H22ClN7O4. The van der Waals surface area contributed by atoms with Crippen molar-refractivity contribution in [3.8, 4) is 22.6 Å². The summed E-state index contributed by atoms with van der Waals surface area (Å²) in [7, 11) is 1.78. The van der Waals surface area contributed by atoms with Crippen LogP contribution in [0.5, 0.6) is 0 Å². The Balaban J connectivity index is 1.49. The second-order valence-corrected chi connectivity index (χ2v) is 8.80. The monoisotopic (exact) mass is 543 g/mol. The Bertz CT molecular complexity index is 1700. The number of anilines is 1. The van der Waals surface area contributed by atoms with Gasteiger partial charge in [-0.2, -0.15) is 5.10 Å². The van der Waals surface area contributed by atoms with Crippen LogP contribution in [0, 0.1) is 0 Å². The number of halogens is 1. The molecule has 0 aliphatic rings. The lowest BCUT2D eigenvalue weighted by molar-refractivity contribution is 0.0458. The first-order valence-electron chi connectivity index (χ1n) is 11.9. The van der Waals surface area contributed by atoms with Gasteiger partial charge in [-0.3, -0.25) is 14.6 Å². The molecule has 196 valence electrons. The van der Waals surface area contributed by atoms with Crippen LogP contribution in [0.1, 0.15) is 33.5 Å². The summed E-state index contributed by atoms with van der Waals surface area (Å²) >= 11 is 6.53. The smallest absolute Gasteiger partial charge is 0.361 e. The maximum Gasteiger partial charge on any atom is 0.361 e. The van der Waals surface area contributed by atoms with Crippen LogP contribution in [0.25, 0.3) is 33.5 Å². The maximum atomic E-state index is 13.1. The van der Waals surface area contributed by atoms with Crippen molar-refractivity contribution in [1.29, 1.82) is 0 Å². The molecule has 0 aliphatic heterocycles. The second kappa shape index (κ2) is 10.8. The molecule has 0 spiro atoms. The van der Waals surface area contributed by atoms with Crippen LogP contribution in [0.2, 0.25) is 5.02 Å². The quantitative estimate of drug-likeness (QED) is 0.295. The van der Waals surface area contributed by atoms with Gasteiger partial charge in [0.2, 0.25) is 0 Å². The first-order valence-corrected chi connectivity index (χ1v) is 12.2. The zero-order valence-electron chi connectivity index (χ0n) is 21.0. The van der Waals surface area contributed by atoms with E-state index in [0.29, 0.717) is 44.4 Å². The van der Waals surface area contributed by atoms with Crippen molar-refractivity contribution in [2.75, 3.05) is 12.3 Å². The number of benzene rings is 1. The number of carbonyl (C=O) groups is 2. The van der Waals surface area contributed by atoms with Gasteiger partial charge in [-0.15, -0.1) is 0 Å². The number of carbonyl (C=O) groups excluding carboxylic acids is 2. The van der Waals surface area contributed by atoms with Gasteiger partial charge < -0.3 is 15.2 Å². The van der Waals surface area contributed by atoms with E-state index in [1.807, 2.05) is 12.1 Å². The summed E-state index contributed by atoms with van der Waals surface area (Å²) in [4.78, 5) is 42.4. The Morgan fingerprint density at radius 2 is 1.87 bits per heavy atom. The molecule has 5 aromatic rings. The van der Waals surface area contributed by atoms with Crippen LogP contribution in [0.4, 0.5) is 5.82 Å². The van der Waals surface area contributed by atoms with Crippen molar-refractivity contribution in [2.24, 2.45) is 7.05 Å². The lowest BCUT2D eigenvalue weighted by Gasteiger charge is -2.12. The van der Waals surface area contributed by atoms with Gasteiger partial charge in [0.15, 0.2) is 11.5 Å². The Kier molecular flexibility index (Phi) is 7.15. The molecule has 0 bridgehead atoms. The summed E-state index contributed by atoms with van der Waals surface area (Å²) in [6.07, 6.45) is 4.77. The number of pyridine rings is 2. The van der Waals surface area contributed by atoms with Gasteiger partial charge in [-0.05, 0) is 43.3 Å². The van der Waals surface area contributed by atoms with E-state index in [0.717, 1.165) is 5.39 Å². The molecule has 0 atom stereocenters. The molecular weight excluding hydrogens is 522 g/mol. The molecule has 4 aromatic heterocycles. The van der Waals surface area contributed by atoms with E-state index in [9.17, 15) is 9.59 Å². The van der Waals surface area contributed by atoms with E-state index in [1.54, 1.807) is 61.4 Å². The molecule has 5 rings (SSSR count). The van der Waals surface area contributed by atoms with E-state index in [-0.39, 0.29) is 24.7 Å². The summed E-state index contributed by atoms with van der Waals surface area (Å²) in [5.74, 6) is -1.40. The number of fused-ring (bicyclic) bond motifs is 1. The highest BCUT2D eigenvalue weighted by Crippen LogP contribution is 2.34. The normalized spacial score (nSPS) is 10.9. The largest absolute Gasteiger partial charge is 0.462 e. The zero-order valence-corrected chi connectivity index (χ0v) is 21.7. The number of ether oxygens (including phenoxy) is 2. The number of aromatic nitrogens is 6. The van der Waals surface area contributed by atoms with Gasteiger partial charge in [0.25, 0.3) is 0 Å². The average molecular weight is 544 g/mol. The molecule has 0 fully saturated rings. The molecule has 4 heterocycles. The van der Waals surface area contributed by atoms with Crippen LogP contribution >= 0.6 is 11.6 Å². The molecule has 11 nitrogen and oxygen atoms in total. The van der Waals surface area contributed by atoms with Crippen LogP contribution in [0.15, 0.2) is 61.1 Å². The van der Waals surface area contributed by atoms with Gasteiger partial charge in [0.1, 0.15) is 18.0 Å². The van der Waals surface area contributed by atoms with E-state index in [4.69, 9.17) is 26.8 Å². The summed E-state index contributed by atoms with van der Waals surface area (Å²) in [6.45, 7) is 1.80. The van der Waals surface area contributed by atoms with Gasteiger partial charge >= 0.3 is 11.9 Å². The fourth-order valence-electron chi connectivity index (χ4n) is 3.86. The minimum absolute atomic E-state index is 0.122. The molecule has 0 unspecified atom stereocenters. The van der Waals surface area contributed by atoms with E-state index in [1.165, 1.54) is 6.20 Å². The highest BCUT2D eigenvalue weighted by Gasteiger charge is 2.23. The van der Waals surface area contributed by atoms with Crippen molar-refractivity contribution in [2.45, 2.75) is 13.5 Å². The molecule has 0 aliphatic carbocycles. The molecule has 0 radical (unpaired) electrons. The van der Waals surface area contributed by atoms with Crippen LogP contribution in [-0.4, -0.2) is 48.3 Å². The van der Waals surface area contributed by atoms with Gasteiger partial charge in [0, 0.05) is 36.6 Å². The number of esters is 2. The summed E-state index contributed by atoms with van der Waals surface area (Å²) in [5, 5.41) is 5.63. The molecule has 12 heteroatoms. The number of nitrogen functional groups attached to an aromatic ring is 1. The Morgan fingerprint density at radius 1 is 1.03 bits per heavy atom. The Morgan fingerprint density at radius 3 is 2.59 bits per heavy atom. The van der Waals surface area contributed by atoms with Crippen molar-refractivity contribution in [3.63, 3.8) is 0 Å². The summed E-state index contributed by atoms with van der Waals surface area (Å²) < 4.78 is 12.0. The van der Waals surface area contributed by atoms with Crippen molar-refractivity contribution < 1.29 is 19.1 Å². The topological polar surface area (TPSA) is 148 Å². The second-order valence-electron chi connectivity index (χ2n) is 8.40. The summed E-state index contributed by atoms with van der Waals surface area (Å²) in [6, 6.07) is 12.1. The molecule has 0 saturated heterocycles. The zero-order chi connectivity index (χ0) is 27.5. The van der Waals surface area contributed by atoms with E-state index >= 15 is 0 Å². The van der Waals surface area contributed by atoms with Crippen LogP contribution in [0.3, 0.4) is 0 Å². The highest BCUT2D eigenvalue weighted by atomic mass is 35.5.